The number of hydrogen-bond donors (Lipinski definition) is 2. The smallest absolute Gasteiger partial charge is 0.341 e. The van der Waals surface area contributed by atoms with E-state index in [0.29, 0.717) is 33.8 Å². The minimum atomic E-state index is -0.655. The molecule has 0 aliphatic carbocycles. The van der Waals surface area contributed by atoms with E-state index in [1.54, 1.807) is 19.9 Å². The van der Waals surface area contributed by atoms with Crippen molar-refractivity contribution in [1.82, 2.24) is 0 Å². The summed E-state index contributed by atoms with van der Waals surface area (Å²) in [6.45, 7) is 7.34. The normalized spacial score (nSPS) is 15.7. The summed E-state index contributed by atoms with van der Waals surface area (Å²) in [6, 6.07) is 3.15. The van der Waals surface area contributed by atoms with E-state index < -0.39 is 11.6 Å². The van der Waals surface area contributed by atoms with Crippen molar-refractivity contribution in [2.45, 2.75) is 33.3 Å². The minimum absolute atomic E-state index is 0.0167. The number of fused-ring (bicyclic) bond motifs is 1. The molecule has 140 valence electrons. The second-order valence-electron chi connectivity index (χ2n) is 7.32. The van der Waals surface area contributed by atoms with E-state index in [0.717, 1.165) is 5.57 Å². The zero-order valence-corrected chi connectivity index (χ0v) is 15.8. The van der Waals surface area contributed by atoms with Gasteiger partial charge < -0.3 is 24.4 Å². The van der Waals surface area contributed by atoms with Crippen LogP contribution in [0.3, 0.4) is 0 Å². The van der Waals surface area contributed by atoms with Gasteiger partial charge in [-0.15, -0.1) is 0 Å². The molecule has 0 radical (unpaired) electrons. The molecule has 2 N–H and O–H groups in total. The molecule has 0 saturated carbocycles. The van der Waals surface area contributed by atoms with Crippen molar-refractivity contribution in [2.75, 3.05) is 7.11 Å². The number of rotatable bonds is 1. The first-order valence-corrected chi connectivity index (χ1v) is 8.56. The van der Waals surface area contributed by atoms with Gasteiger partial charge in [0.2, 0.25) is 0 Å². The summed E-state index contributed by atoms with van der Waals surface area (Å²) < 4.78 is 16.9. The standard InChI is InChI=1S/C21H20O6/c1-9-6-15-17-12(21(3,4)27-15)7-11-10(2)16(20(24)25-5)13(22)8-14(11)26-19(17)18(9)23/h6-8,22-23H,1-5H3. The number of esters is 1. The lowest BCUT2D eigenvalue weighted by Crippen LogP contribution is -2.24. The van der Waals surface area contributed by atoms with Gasteiger partial charge in [-0.1, -0.05) is 0 Å². The molecule has 0 amide bonds. The van der Waals surface area contributed by atoms with E-state index in [-0.39, 0.29) is 22.8 Å². The summed E-state index contributed by atoms with van der Waals surface area (Å²) in [5.74, 6) is 0.400. The second kappa shape index (κ2) is 5.42. The maximum Gasteiger partial charge on any atom is 0.341 e. The first kappa shape index (κ1) is 17.3. The Morgan fingerprint density at radius 1 is 1.15 bits per heavy atom. The Labute approximate surface area is 156 Å². The number of phenols is 2. The van der Waals surface area contributed by atoms with Gasteiger partial charge in [0.15, 0.2) is 11.5 Å². The molecule has 0 fully saturated rings. The van der Waals surface area contributed by atoms with Crippen LogP contribution in [0.4, 0.5) is 0 Å². The van der Waals surface area contributed by atoms with Crippen LogP contribution in [0, 0.1) is 13.8 Å². The van der Waals surface area contributed by atoms with Crippen molar-refractivity contribution in [3.8, 4) is 28.7 Å². The highest BCUT2D eigenvalue weighted by molar-refractivity contribution is 6.00. The monoisotopic (exact) mass is 368 g/mol. The van der Waals surface area contributed by atoms with E-state index >= 15 is 0 Å². The Kier molecular flexibility index (Phi) is 3.47. The number of methoxy groups -OCH3 is 1. The Balaban J connectivity index is 2.08. The molecule has 0 aromatic heterocycles. The van der Waals surface area contributed by atoms with Crippen LogP contribution in [-0.2, 0) is 4.74 Å². The summed E-state index contributed by atoms with van der Waals surface area (Å²) in [5, 5.41) is 21.0. The fourth-order valence-corrected chi connectivity index (χ4v) is 3.72. The second-order valence-corrected chi connectivity index (χ2v) is 7.32. The third kappa shape index (κ3) is 2.29. The molecule has 2 aliphatic heterocycles. The average Bonchev–Trinajstić information content (AvgIpc) is 2.74. The van der Waals surface area contributed by atoms with Crippen LogP contribution in [0.5, 0.6) is 28.7 Å². The number of hydrogen-bond acceptors (Lipinski definition) is 6. The van der Waals surface area contributed by atoms with Crippen molar-refractivity contribution in [1.29, 1.82) is 0 Å². The number of ether oxygens (including phenoxy) is 3. The van der Waals surface area contributed by atoms with Crippen LogP contribution < -0.4 is 9.47 Å². The molecule has 0 atom stereocenters. The van der Waals surface area contributed by atoms with E-state index in [2.05, 4.69) is 0 Å². The molecular weight excluding hydrogens is 348 g/mol. The van der Waals surface area contributed by atoms with Gasteiger partial charge in [-0.25, -0.2) is 4.79 Å². The fourth-order valence-electron chi connectivity index (χ4n) is 3.72. The molecule has 6 nitrogen and oxygen atoms in total. The molecule has 0 spiro atoms. The van der Waals surface area contributed by atoms with E-state index in [9.17, 15) is 15.0 Å². The van der Waals surface area contributed by atoms with E-state index in [4.69, 9.17) is 14.2 Å². The van der Waals surface area contributed by atoms with E-state index in [1.165, 1.54) is 13.2 Å². The van der Waals surface area contributed by atoms with Gasteiger partial charge in [0.05, 0.1) is 12.7 Å². The average molecular weight is 368 g/mol. The van der Waals surface area contributed by atoms with Crippen molar-refractivity contribution < 1.29 is 29.2 Å². The predicted octanol–water partition coefficient (Wildman–Crippen LogP) is 4.32. The first-order valence-electron chi connectivity index (χ1n) is 8.56. The molecule has 2 heterocycles. The van der Waals surface area contributed by atoms with Gasteiger partial charge in [0.25, 0.3) is 0 Å². The lowest BCUT2D eigenvalue weighted by atomic mass is 9.89. The van der Waals surface area contributed by atoms with Crippen LogP contribution in [0.1, 0.15) is 46.5 Å². The van der Waals surface area contributed by atoms with Gasteiger partial charge in [0, 0.05) is 17.2 Å². The topological polar surface area (TPSA) is 85.2 Å². The third-order valence-electron chi connectivity index (χ3n) is 5.15. The fraction of sp³-hybridized carbons (Fsp3) is 0.286. The van der Waals surface area contributed by atoms with Crippen LogP contribution >= 0.6 is 0 Å². The molecule has 2 aliphatic rings. The number of carbonyl (C=O) groups excluding carboxylic acids is 1. The minimum Gasteiger partial charge on any atom is -0.507 e. The Hall–Kier alpha value is -3.15. The van der Waals surface area contributed by atoms with Gasteiger partial charge >= 0.3 is 5.97 Å². The molecule has 4 rings (SSSR count). The molecule has 2 aromatic carbocycles. The molecule has 27 heavy (non-hydrogen) atoms. The van der Waals surface area contributed by atoms with Gasteiger partial charge in [-0.3, -0.25) is 0 Å². The van der Waals surface area contributed by atoms with Gasteiger partial charge in [0.1, 0.15) is 28.4 Å². The maximum absolute atomic E-state index is 12.1. The Bertz CT molecular complexity index is 1050. The Morgan fingerprint density at radius 3 is 2.52 bits per heavy atom. The number of carbonyl (C=O) groups is 1. The van der Waals surface area contributed by atoms with Crippen molar-refractivity contribution in [3.05, 3.63) is 39.9 Å². The lowest BCUT2D eigenvalue weighted by molar-refractivity contribution is 0.0596. The molecule has 6 heteroatoms. The lowest BCUT2D eigenvalue weighted by Gasteiger charge is -2.20. The summed E-state index contributed by atoms with van der Waals surface area (Å²) in [5.41, 5.74) is 2.71. The van der Waals surface area contributed by atoms with Crippen LogP contribution in [0.15, 0.2) is 12.1 Å². The highest BCUT2D eigenvalue weighted by Crippen LogP contribution is 2.57. The zero-order chi connectivity index (χ0) is 19.7. The number of aryl methyl sites for hydroxylation is 1. The number of phenolic OH excluding ortho intramolecular Hbond substituents is 2. The van der Waals surface area contributed by atoms with Gasteiger partial charge in [-0.2, -0.15) is 0 Å². The highest BCUT2D eigenvalue weighted by Gasteiger charge is 2.42. The summed E-state index contributed by atoms with van der Waals surface area (Å²) in [4.78, 5) is 12.1. The maximum atomic E-state index is 12.1. The van der Waals surface area contributed by atoms with Crippen molar-refractivity contribution in [2.24, 2.45) is 0 Å². The zero-order valence-electron chi connectivity index (χ0n) is 15.8. The Morgan fingerprint density at radius 2 is 1.85 bits per heavy atom. The predicted molar refractivity (Wildman–Crippen MR) is 99.7 cm³/mol. The van der Waals surface area contributed by atoms with Crippen LogP contribution in [0.25, 0.3) is 11.6 Å². The largest absolute Gasteiger partial charge is 0.507 e. The van der Waals surface area contributed by atoms with Crippen LogP contribution in [-0.4, -0.2) is 28.9 Å². The third-order valence-corrected chi connectivity index (χ3v) is 5.15. The molecule has 0 saturated heterocycles. The SMILES string of the molecule is COC(=O)c1c(O)cc2c(c1C)C=C1c3c(cc(C)c(O)c3O2)OC1(C)C. The molecular formula is C21H20O6. The number of benzene rings is 2. The van der Waals surface area contributed by atoms with Crippen LogP contribution in [0.2, 0.25) is 0 Å². The van der Waals surface area contributed by atoms with Gasteiger partial charge in [-0.05, 0) is 51.0 Å². The summed E-state index contributed by atoms with van der Waals surface area (Å²) in [7, 11) is 1.26. The van der Waals surface area contributed by atoms with Crippen molar-refractivity contribution in [3.63, 3.8) is 0 Å². The number of aromatic hydroxyl groups is 2. The quantitative estimate of drug-likeness (QED) is 0.729. The molecule has 0 bridgehead atoms. The first-order chi connectivity index (χ1) is 12.7. The molecule has 0 unspecified atom stereocenters. The highest BCUT2D eigenvalue weighted by atomic mass is 16.5. The van der Waals surface area contributed by atoms with E-state index in [1.807, 2.05) is 19.9 Å². The van der Waals surface area contributed by atoms with Crippen molar-refractivity contribution >= 4 is 17.6 Å². The molecule has 2 aromatic rings. The summed E-state index contributed by atoms with van der Waals surface area (Å²) >= 11 is 0. The summed E-state index contributed by atoms with van der Waals surface area (Å²) in [6.07, 6.45) is 1.88.